The van der Waals surface area contributed by atoms with Gasteiger partial charge in [0.1, 0.15) is 17.2 Å². The van der Waals surface area contributed by atoms with Gasteiger partial charge in [-0.25, -0.2) is 8.78 Å². The van der Waals surface area contributed by atoms with Gasteiger partial charge in [0.15, 0.2) is 11.4 Å². The molecule has 23 heavy (non-hydrogen) atoms. The Balaban J connectivity index is 2.13. The van der Waals surface area contributed by atoms with Gasteiger partial charge in [-0.05, 0) is 18.2 Å². The number of hydrogen-bond acceptors (Lipinski definition) is 4. The van der Waals surface area contributed by atoms with Gasteiger partial charge in [0, 0.05) is 12.3 Å². The van der Waals surface area contributed by atoms with E-state index in [1.807, 2.05) is 0 Å². The fraction of sp³-hybridized carbons (Fsp3) is 0. The maximum Gasteiger partial charge on any atom is 0.286 e. The lowest BCUT2D eigenvalue weighted by Crippen LogP contribution is -2.17. The highest BCUT2D eigenvalue weighted by Crippen LogP contribution is 2.33. The lowest BCUT2D eigenvalue weighted by atomic mass is 10.2. The zero-order valence-electron chi connectivity index (χ0n) is 11.5. The topological polar surface area (TPSA) is 98.2 Å². The second-order valence-electron chi connectivity index (χ2n) is 4.60. The molecule has 0 fully saturated rings. The molecule has 8 heteroatoms. The zero-order chi connectivity index (χ0) is 16.6. The van der Waals surface area contributed by atoms with Gasteiger partial charge >= 0.3 is 0 Å². The number of nitrogens with zero attached hydrogens (tertiary/aromatic N) is 1. The number of hydrogen-bond donors (Lipinski definition) is 2. The Morgan fingerprint density at radius 1 is 1.22 bits per heavy atom. The molecule has 0 spiro atoms. The van der Waals surface area contributed by atoms with Crippen LogP contribution < -0.4 is 11.1 Å². The second-order valence-corrected chi connectivity index (χ2v) is 4.60. The van der Waals surface area contributed by atoms with Crippen LogP contribution in [0.4, 0.5) is 14.5 Å². The largest absolute Gasteiger partial charge is 0.446 e. The Morgan fingerprint density at radius 2 is 2.00 bits per heavy atom. The first-order valence-corrected chi connectivity index (χ1v) is 6.41. The first-order valence-electron chi connectivity index (χ1n) is 6.41. The molecular formula is C15H9F2N3O3. The number of carbonyl (C=O) groups is 2. The van der Waals surface area contributed by atoms with E-state index < -0.39 is 29.2 Å². The molecule has 0 atom stereocenters. The number of rotatable bonds is 3. The highest BCUT2D eigenvalue weighted by molar-refractivity contribution is 6.13. The smallest absolute Gasteiger partial charge is 0.286 e. The lowest BCUT2D eigenvalue weighted by molar-refractivity contribution is 0.0977. The van der Waals surface area contributed by atoms with E-state index in [0.717, 1.165) is 6.07 Å². The average Bonchev–Trinajstić information content (AvgIpc) is 2.87. The number of carbonyl (C=O) groups excluding carboxylic acids is 2. The van der Waals surface area contributed by atoms with Crippen molar-refractivity contribution in [2.75, 3.05) is 5.32 Å². The van der Waals surface area contributed by atoms with Crippen LogP contribution in [0.5, 0.6) is 0 Å². The van der Waals surface area contributed by atoms with E-state index in [1.54, 1.807) is 12.1 Å². The molecule has 6 nitrogen and oxygen atoms in total. The number of anilines is 1. The zero-order valence-corrected chi connectivity index (χ0v) is 11.5. The number of nitrogens with two attached hydrogens (primary N) is 1. The summed E-state index contributed by atoms with van der Waals surface area (Å²) in [6.07, 6.45) is 1.40. The molecule has 3 N–H and O–H groups in total. The molecule has 0 radical (unpaired) electrons. The van der Waals surface area contributed by atoms with Gasteiger partial charge in [-0.2, -0.15) is 0 Å². The van der Waals surface area contributed by atoms with E-state index in [0.29, 0.717) is 6.07 Å². The summed E-state index contributed by atoms with van der Waals surface area (Å²) in [5.74, 6) is -4.09. The van der Waals surface area contributed by atoms with Crippen LogP contribution in [0.25, 0.3) is 11.0 Å². The molecule has 0 saturated carbocycles. The minimum absolute atomic E-state index is 0.0501. The van der Waals surface area contributed by atoms with E-state index in [9.17, 15) is 18.4 Å². The summed E-state index contributed by atoms with van der Waals surface area (Å²) in [5, 5.41) is 2.25. The minimum Gasteiger partial charge on any atom is -0.446 e. The van der Waals surface area contributed by atoms with E-state index in [1.165, 1.54) is 12.3 Å². The van der Waals surface area contributed by atoms with E-state index in [-0.39, 0.29) is 22.4 Å². The molecule has 0 unspecified atom stereocenters. The van der Waals surface area contributed by atoms with Crippen molar-refractivity contribution < 1.29 is 22.8 Å². The maximum atomic E-state index is 13.8. The van der Waals surface area contributed by atoms with Crippen molar-refractivity contribution in [3.05, 3.63) is 59.6 Å². The molecular weight excluding hydrogens is 308 g/mol. The van der Waals surface area contributed by atoms with Crippen LogP contribution in [0.3, 0.4) is 0 Å². The molecule has 2 heterocycles. The first-order chi connectivity index (χ1) is 11.0. The van der Waals surface area contributed by atoms with Crippen molar-refractivity contribution in [3.63, 3.8) is 0 Å². The van der Waals surface area contributed by atoms with Gasteiger partial charge in [-0.1, -0.05) is 6.07 Å². The summed E-state index contributed by atoms with van der Waals surface area (Å²) in [6.45, 7) is 0. The van der Waals surface area contributed by atoms with Crippen LogP contribution in [0, 0.1) is 11.6 Å². The first kappa shape index (κ1) is 14.6. The standard InChI is InChI=1S/C15H9F2N3O3/c16-7-5-8-11(20-15(22)10-3-1-2-4-19-10)13(14(18)21)23-12(8)9(17)6-7/h1-6H,(H2,18,21)(H,20,22). The number of amides is 2. The van der Waals surface area contributed by atoms with Gasteiger partial charge in [0.2, 0.25) is 5.76 Å². The molecule has 2 amide bonds. The summed E-state index contributed by atoms with van der Waals surface area (Å²) >= 11 is 0. The fourth-order valence-electron chi connectivity index (χ4n) is 2.10. The van der Waals surface area contributed by atoms with Crippen molar-refractivity contribution >= 4 is 28.5 Å². The average molecular weight is 317 g/mol. The molecule has 0 aliphatic carbocycles. The summed E-state index contributed by atoms with van der Waals surface area (Å²) in [6, 6.07) is 6.17. The van der Waals surface area contributed by atoms with E-state index >= 15 is 0 Å². The Bertz CT molecular complexity index is 923. The normalized spacial score (nSPS) is 10.7. The number of nitrogens with one attached hydrogen (secondary N) is 1. The maximum absolute atomic E-state index is 13.8. The van der Waals surface area contributed by atoms with Gasteiger partial charge in [-0.15, -0.1) is 0 Å². The minimum atomic E-state index is -1.03. The molecule has 1 aromatic carbocycles. The molecule has 0 aliphatic rings. The van der Waals surface area contributed by atoms with Crippen LogP contribution in [-0.4, -0.2) is 16.8 Å². The third-order valence-corrected chi connectivity index (χ3v) is 3.07. The summed E-state index contributed by atoms with van der Waals surface area (Å²) in [5.41, 5.74) is 4.63. The Morgan fingerprint density at radius 3 is 2.65 bits per heavy atom. The van der Waals surface area contributed by atoms with Crippen molar-refractivity contribution in [2.45, 2.75) is 0 Å². The number of primary amides is 1. The fourth-order valence-corrected chi connectivity index (χ4v) is 2.10. The van der Waals surface area contributed by atoms with E-state index in [2.05, 4.69) is 10.3 Å². The van der Waals surface area contributed by atoms with Crippen LogP contribution in [0.15, 0.2) is 40.9 Å². The molecule has 0 aliphatic heterocycles. The summed E-state index contributed by atoms with van der Waals surface area (Å²) < 4.78 is 32.2. The van der Waals surface area contributed by atoms with Crippen molar-refractivity contribution in [3.8, 4) is 0 Å². The van der Waals surface area contributed by atoms with Crippen LogP contribution in [-0.2, 0) is 0 Å². The number of halogens is 2. The van der Waals surface area contributed by atoms with Crippen molar-refractivity contribution in [1.29, 1.82) is 0 Å². The Hall–Kier alpha value is -3.29. The SMILES string of the molecule is NC(=O)c1oc2c(F)cc(F)cc2c1NC(=O)c1ccccn1. The highest BCUT2D eigenvalue weighted by atomic mass is 19.1. The second kappa shape index (κ2) is 5.48. The predicted octanol–water partition coefficient (Wildman–Crippen LogP) is 2.46. The number of aromatic nitrogens is 1. The Kier molecular flexibility index (Phi) is 3.49. The molecule has 116 valence electrons. The monoisotopic (exact) mass is 317 g/mol. The summed E-state index contributed by atoms with van der Waals surface area (Å²) in [7, 11) is 0. The molecule has 0 saturated heterocycles. The lowest BCUT2D eigenvalue weighted by Gasteiger charge is -2.04. The number of pyridine rings is 1. The van der Waals surface area contributed by atoms with Gasteiger partial charge in [0.05, 0.1) is 5.39 Å². The third kappa shape index (κ3) is 2.61. The number of furan rings is 1. The van der Waals surface area contributed by atoms with E-state index in [4.69, 9.17) is 10.2 Å². The quantitative estimate of drug-likeness (QED) is 0.775. The predicted molar refractivity (Wildman–Crippen MR) is 76.8 cm³/mol. The van der Waals surface area contributed by atoms with Gasteiger partial charge < -0.3 is 15.5 Å². The molecule has 3 rings (SSSR count). The highest BCUT2D eigenvalue weighted by Gasteiger charge is 2.24. The van der Waals surface area contributed by atoms with Crippen molar-refractivity contribution in [1.82, 2.24) is 4.98 Å². The molecule has 2 aromatic heterocycles. The van der Waals surface area contributed by atoms with Crippen LogP contribution in [0.1, 0.15) is 21.0 Å². The molecule has 3 aromatic rings. The molecule has 0 bridgehead atoms. The third-order valence-electron chi connectivity index (χ3n) is 3.07. The summed E-state index contributed by atoms with van der Waals surface area (Å²) in [4.78, 5) is 27.4. The van der Waals surface area contributed by atoms with Crippen molar-refractivity contribution in [2.24, 2.45) is 5.73 Å². The number of benzene rings is 1. The van der Waals surface area contributed by atoms with Gasteiger partial charge in [-0.3, -0.25) is 14.6 Å². The van der Waals surface area contributed by atoms with Gasteiger partial charge in [0.25, 0.3) is 11.8 Å². The number of fused-ring (bicyclic) bond motifs is 1. The Labute approximate surface area is 127 Å². The van der Waals surface area contributed by atoms with Crippen LogP contribution in [0.2, 0.25) is 0 Å². The van der Waals surface area contributed by atoms with Crippen LogP contribution >= 0.6 is 0 Å².